The van der Waals surface area contributed by atoms with Crippen LogP contribution >= 0.6 is 27.3 Å². The molecule has 3 aromatic rings. The lowest BCUT2D eigenvalue weighted by molar-refractivity contribution is 0.1000. The third-order valence-corrected chi connectivity index (χ3v) is 7.33. The molecule has 2 aromatic carbocycles. The molecule has 5 nitrogen and oxygen atoms in total. The summed E-state index contributed by atoms with van der Waals surface area (Å²) in [7, 11) is 1.53. The van der Waals surface area contributed by atoms with E-state index in [9.17, 15) is 9.59 Å². The zero-order valence-electron chi connectivity index (χ0n) is 16.2. The first-order valence-electron chi connectivity index (χ1n) is 9.41. The van der Waals surface area contributed by atoms with Gasteiger partial charge in [-0.05, 0) is 63.5 Å². The van der Waals surface area contributed by atoms with Gasteiger partial charge in [0.1, 0.15) is 10.8 Å². The SMILES string of the molecule is COc1c(C(=O)Nc2sc3c(c2C(N)=O)CCC(C)C3)cc2ccccc2c1Br. The lowest BCUT2D eigenvalue weighted by Crippen LogP contribution is -2.19. The molecule has 0 fully saturated rings. The van der Waals surface area contributed by atoms with Gasteiger partial charge in [0.05, 0.1) is 22.7 Å². The molecule has 150 valence electrons. The summed E-state index contributed by atoms with van der Waals surface area (Å²) in [5.41, 5.74) is 7.50. The fourth-order valence-electron chi connectivity index (χ4n) is 3.92. The van der Waals surface area contributed by atoms with Gasteiger partial charge in [0, 0.05) is 4.88 Å². The van der Waals surface area contributed by atoms with Crippen molar-refractivity contribution in [1.29, 1.82) is 0 Å². The van der Waals surface area contributed by atoms with Gasteiger partial charge < -0.3 is 15.8 Å². The number of ether oxygens (including phenoxy) is 1. The quantitative estimate of drug-likeness (QED) is 0.550. The first kappa shape index (κ1) is 19.9. The third-order valence-electron chi connectivity index (χ3n) is 5.37. The van der Waals surface area contributed by atoms with Gasteiger partial charge in [-0.1, -0.05) is 31.2 Å². The molecule has 1 atom stereocenters. The average Bonchev–Trinajstić information content (AvgIpc) is 3.04. The van der Waals surface area contributed by atoms with E-state index in [-0.39, 0.29) is 5.91 Å². The van der Waals surface area contributed by atoms with Crippen LogP contribution in [0.15, 0.2) is 34.8 Å². The smallest absolute Gasteiger partial charge is 0.260 e. The molecule has 1 unspecified atom stereocenters. The van der Waals surface area contributed by atoms with Crippen LogP contribution in [0.2, 0.25) is 0 Å². The van der Waals surface area contributed by atoms with Crippen molar-refractivity contribution in [2.75, 3.05) is 12.4 Å². The van der Waals surface area contributed by atoms with E-state index in [1.54, 1.807) is 6.07 Å². The fourth-order valence-corrected chi connectivity index (χ4v) is 6.07. The molecular weight excluding hydrogens is 452 g/mol. The average molecular weight is 473 g/mol. The van der Waals surface area contributed by atoms with E-state index in [1.165, 1.54) is 18.4 Å². The van der Waals surface area contributed by atoms with Crippen molar-refractivity contribution >= 4 is 54.9 Å². The lowest BCUT2D eigenvalue weighted by Gasteiger charge is -2.18. The zero-order chi connectivity index (χ0) is 20.7. The van der Waals surface area contributed by atoms with Gasteiger partial charge in [0.15, 0.2) is 0 Å². The van der Waals surface area contributed by atoms with Crippen LogP contribution < -0.4 is 15.8 Å². The van der Waals surface area contributed by atoms with Gasteiger partial charge in [-0.15, -0.1) is 11.3 Å². The molecule has 0 saturated carbocycles. The Balaban J connectivity index is 1.77. The zero-order valence-corrected chi connectivity index (χ0v) is 18.6. The van der Waals surface area contributed by atoms with E-state index >= 15 is 0 Å². The largest absolute Gasteiger partial charge is 0.495 e. The normalized spacial score (nSPS) is 15.8. The van der Waals surface area contributed by atoms with Crippen molar-refractivity contribution in [3.8, 4) is 5.75 Å². The second-order valence-electron chi connectivity index (χ2n) is 7.37. The number of primary amides is 1. The molecule has 0 radical (unpaired) electrons. The van der Waals surface area contributed by atoms with Crippen LogP contribution in [0.1, 0.15) is 44.5 Å². The predicted molar refractivity (Wildman–Crippen MR) is 120 cm³/mol. The number of hydrogen-bond acceptors (Lipinski definition) is 4. The summed E-state index contributed by atoms with van der Waals surface area (Å²) in [6, 6.07) is 9.55. The first-order chi connectivity index (χ1) is 13.9. The minimum Gasteiger partial charge on any atom is -0.495 e. The second kappa shape index (κ2) is 7.80. The lowest BCUT2D eigenvalue weighted by atomic mass is 9.88. The number of fused-ring (bicyclic) bond motifs is 2. The molecule has 1 aromatic heterocycles. The summed E-state index contributed by atoms with van der Waals surface area (Å²) in [5.74, 6) is 0.181. The standard InChI is InChI=1S/C22H21BrN2O3S/c1-11-7-8-14-16(9-11)29-22(17(14)20(24)26)25-21(27)15-10-12-5-3-4-6-13(12)18(23)19(15)28-2/h3-6,10-11H,7-9H2,1-2H3,(H2,24,26)(H,25,27). The third kappa shape index (κ3) is 3.53. The van der Waals surface area contributed by atoms with E-state index < -0.39 is 5.91 Å². The Morgan fingerprint density at radius 2 is 2.07 bits per heavy atom. The molecular formula is C22H21BrN2O3S. The van der Waals surface area contributed by atoms with Gasteiger partial charge in [-0.25, -0.2) is 0 Å². The molecule has 29 heavy (non-hydrogen) atoms. The number of amides is 2. The van der Waals surface area contributed by atoms with E-state index in [2.05, 4.69) is 28.2 Å². The topological polar surface area (TPSA) is 81.4 Å². The Morgan fingerprint density at radius 1 is 1.31 bits per heavy atom. The van der Waals surface area contributed by atoms with Crippen LogP contribution in [0, 0.1) is 5.92 Å². The van der Waals surface area contributed by atoms with E-state index in [4.69, 9.17) is 10.5 Å². The number of benzene rings is 2. The molecule has 0 spiro atoms. The van der Waals surface area contributed by atoms with Gasteiger partial charge in [-0.2, -0.15) is 0 Å². The number of thiophene rings is 1. The number of methoxy groups -OCH3 is 1. The maximum absolute atomic E-state index is 13.2. The maximum atomic E-state index is 13.2. The van der Waals surface area contributed by atoms with E-state index in [0.29, 0.717) is 27.8 Å². The Morgan fingerprint density at radius 3 is 2.79 bits per heavy atom. The summed E-state index contributed by atoms with van der Waals surface area (Å²) in [4.78, 5) is 26.5. The highest BCUT2D eigenvalue weighted by molar-refractivity contribution is 9.10. The molecule has 4 rings (SSSR count). The number of carbonyl (C=O) groups is 2. The van der Waals surface area contributed by atoms with Crippen LogP contribution in [-0.4, -0.2) is 18.9 Å². The van der Waals surface area contributed by atoms with Crippen molar-refractivity contribution in [2.24, 2.45) is 11.7 Å². The molecule has 0 bridgehead atoms. The van der Waals surface area contributed by atoms with Crippen molar-refractivity contribution in [1.82, 2.24) is 0 Å². The summed E-state index contributed by atoms with van der Waals surface area (Å²) in [6.45, 7) is 2.20. The predicted octanol–water partition coefficient (Wildman–Crippen LogP) is 5.15. The Kier molecular flexibility index (Phi) is 5.36. The first-order valence-corrected chi connectivity index (χ1v) is 11.0. The monoisotopic (exact) mass is 472 g/mol. The number of nitrogens with two attached hydrogens (primary N) is 1. The Hall–Kier alpha value is -2.38. The second-order valence-corrected chi connectivity index (χ2v) is 9.26. The molecule has 1 aliphatic carbocycles. The molecule has 0 aliphatic heterocycles. The highest BCUT2D eigenvalue weighted by atomic mass is 79.9. The maximum Gasteiger partial charge on any atom is 0.260 e. The Labute approximate surface area is 181 Å². The van der Waals surface area contributed by atoms with Crippen molar-refractivity contribution in [3.05, 3.63) is 56.4 Å². The molecule has 7 heteroatoms. The fraction of sp³-hybridized carbons (Fsp3) is 0.273. The van der Waals surface area contributed by atoms with Crippen LogP contribution in [0.3, 0.4) is 0 Å². The van der Waals surface area contributed by atoms with Gasteiger partial charge >= 0.3 is 0 Å². The molecule has 0 saturated heterocycles. The number of nitrogens with one attached hydrogen (secondary N) is 1. The number of rotatable bonds is 4. The molecule has 1 heterocycles. The Bertz CT molecular complexity index is 1140. The van der Waals surface area contributed by atoms with Crippen molar-refractivity contribution < 1.29 is 14.3 Å². The van der Waals surface area contributed by atoms with Crippen LogP contribution in [0.4, 0.5) is 5.00 Å². The van der Waals surface area contributed by atoms with Gasteiger partial charge in [-0.3, -0.25) is 9.59 Å². The van der Waals surface area contributed by atoms with E-state index in [0.717, 1.165) is 44.9 Å². The number of hydrogen-bond donors (Lipinski definition) is 2. The summed E-state index contributed by atoms with van der Waals surface area (Å²) in [5, 5.41) is 5.32. The molecule has 3 N–H and O–H groups in total. The summed E-state index contributed by atoms with van der Waals surface area (Å²) in [6.07, 6.45) is 2.73. The summed E-state index contributed by atoms with van der Waals surface area (Å²) < 4.78 is 6.24. The van der Waals surface area contributed by atoms with Crippen LogP contribution in [0.25, 0.3) is 10.8 Å². The number of carbonyl (C=O) groups excluding carboxylic acids is 2. The number of anilines is 1. The van der Waals surface area contributed by atoms with Gasteiger partial charge in [0.25, 0.3) is 11.8 Å². The minimum absolute atomic E-state index is 0.331. The van der Waals surface area contributed by atoms with Crippen LogP contribution in [-0.2, 0) is 12.8 Å². The van der Waals surface area contributed by atoms with Crippen molar-refractivity contribution in [3.63, 3.8) is 0 Å². The van der Waals surface area contributed by atoms with Crippen LogP contribution in [0.5, 0.6) is 5.75 Å². The number of halogens is 1. The minimum atomic E-state index is -0.501. The molecule has 2 amide bonds. The van der Waals surface area contributed by atoms with E-state index in [1.807, 2.05) is 24.3 Å². The highest BCUT2D eigenvalue weighted by Gasteiger charge is 2.28. The molecule has 1 aliphatic rings. The van der Waals surface area contributed by atoms with Crippen molar-refractivity contribution in [2.45, 2.75) is 26.2 Å². The highest BCUT2D eigenvalue weighted by Crippen LogP contribution is 2.41. The van der Waals surface area contributed by atoms with Gasteiger partial charge in [0.2, 0.25) is 0 Å². The summed E-state index contributed by atoms with van der Waals surface area (Å²) >= 11 is 5.01.